The number of hydrogen-bond donors (Lipinski definition) is 0. The fourth-order valence-electron chi connectivity index (χ4n) is 3.05. The van der Waals surface area contributed by atoms with Crippen LogP contribution in [0.2, 0.25) is 0 Å². The highest BCUT2D eigenvalue weighted by Gasteiger charge is 2.33. The zero-order valence-electron chi connectivity index (χ0n) is 15.1. The first-order valence-corrected chi connectivity index (χ1v) is 8.63. The molecule has 3 rings (SSSR count). The lowest BCUT2D eigenvalue weighted by atomic mass is 9.97. The van der Waals surface area contributed by atoms with E-state index >= 15 is 0 Å². The summed E-state index contributed by atoms with van der Waals surface area (Å²) in [6, 6.07) is 2.38. The molecule has 1 fully saturated rings. The molecule has 0 saturated carbocycles. The van der Waals surface area contributed by atoms with Gasteiger partial charge in [0.05, 0.1) is 6.33 Å². The molecule has 2 aromatic rings. The second-order valence-electron chi connectivity index (χ2n) is 6.80. The van der Waals surface area contributed by atoms with Crippen molar-refractivity contribution in [1.29, 1.82) is 0 Å². The van der Waals surface area contributed by atoms with Crippen molar-refractivity contribution < 1.29 is 13.2 Å². The molecule has 0 amide bonds. The Bertz CT molecular complexity index is 843. The fraction of sp³-hybridized carbons (Fsp3) is 0.529. The zero-order valence-corrected chi connectivity index (χ0v) is 15.1. The van der Waals surface area contributed by atoms with Gasteiger partial charge >= 0.3 is 6.18 Å². The van der Waals surface area contributed by atoms with E-state index in [9.17, 15) is 18.0 Å². The Balaban J connectivity index is 1.62. The number of hydrogen-bond acceptors (Lipinski definition) is 6. The molecule has 7 nitrogen and oxygen atoms in total. The van der Waals surface area contributed by atoms with Gasteiger partial charge in [-0.1, -0.05) is 0 Å². The van der Waals surface area contributed by atoms with E-state index in [1.54, 1.807) is 6.20 Å². The summed E-state index contributed by atoms with van der Waals surface area (Å²) in [5.74, 6) is 1.67. The van der Waals surface area contributed by atoms with Crippen LogP contribution in [0.1, 0.15) is 18.5 Å². The van der Waals surface area contributed by atoms with Crippen molar-refractivity contribution in [3.63, 3.8) is 0 Å². The summed E-state index contributed by atoms with van der Waals surface area (Å²) in [5.41, 5.74) is -1.83. The molecule has 1 aliphatic heterocycles. The lowest BCUT2D eigenvalue weighted by Crippen LogP contribution is -2.37. The van der Waals surface area contributed by atoms with Crippen molar-refractivity contribution >= 4 is 11.8 Å². The van der Waals surface area contributed by atoms with Gasteiger partial charge < -0.3 is 9.80 Å². The SMILES string of the molecule is CN(C)c1ccnc(N2CCC(Cn3cnc(C(F)(F)F)cc3=O)CC2)n1. The number of anilines is 2. The fourth-order valence-corrected chi connectivity index (χ4v) is 3.05. The van der Waals surface area contributed by atoms with E-state index in [0.29, 0.717) is 18.6 Å². The molecule has 0 unspecified atom stereocenters. The molecule has 27 heavy (non-hydrogen) atoms. The van der Waals surface area contributed by atoms with Crippen LogP contribution in [-0.2, 0) is 12.7 Å². The van der Waals surface area contributed by atoms with E-state index in [2.05, 4.69) is 19.9 Å². The summed E-state index contributed by atoms with van der Waals surface area (Å²) in [4.78, 5) is 28.1. The van der Waals surface area contributed by atoms with Crippen LogP contribution >= 0.6 is 0 Å². The Morgan fingerprint density at radius 1 is 1.22 bits per heavy atom. The van der Waals surface area contributed by atoms with Crippen molar-refractivity contribution in [2.45, 2.75) is 25.6 Å². The first kappa shape index (κ1) is 19.1. The zero-order chi connectivity index (χ0) is 19.6. The van der Waals surface area contributed by atoms with E-state index in [-0.39, 0.29) is 5.92 Å². The molecule has 146 valence electrons. The van der Waals surface area contributed by atoms with Crippen molar-refractivity contribution in [2.24, 2.45) is 5.92 Å². The normalized spacial score (nSPS) is 15.8. The van der Waals surface area contributed by atoms with Crippen LogP contribution in [0.5, 0.6) is 0 Å². The van der Waals surface area contributed by atoms with Gasteiger partial charge in [0.1, 0.15) is 5.82 Å². The Morgan fingerprint density at radius 3 is 2.52 bits per heavy atom. The second-order valence-corrected chi connectivity index (χ2v) is 6.80. The number of alkyl halides is 3. The van der Waals surface area contributed by atoms with Crippen molar-refractivity contribution in [2.75, 3.05) is 37.0 Å². The van der Waals surface area contributed by atoms with E-state index in [1.165, 1.54) is 4.57 Å². The summed E-state index contributed by atoms with van der Waals surface area (Å²) >= 11 is 0. The average Bonchev–Trinajstić information content (AvgIpc) is 2.63. The van der Waals surface area contributed by atoms with Crippen LogP contribution in [0.15, 0.2) is 29.5 Å². The second kappa shape index (κ2) is 7.53. The third-order valence-corrected chi connectivity index (χ3v) is 4.61. The summed E-state index contributed by atoms with van der Waals surface area (Å²) in [6.45, 7) is 1.81. The van der Waals surface area contributed by atoms with Gasteiger partial charge in [-0.15, -0.1) is 0 Å². The van der Waals surface area contributed by atoms with E-state index in [1.807, 2.05) is 25.1 Å². The summed E-state index contributed by atoms with van der Waals surface area (Å²) in [5, 5.41) is 0. The van der Waals surface area contributed by atoms with Gasteiger partial charge in [0.2, 0.25) is 5.95 Å². The van der Waals surface area contributed by atoms with Gasteiger partial charge in [0.25, 0.3) is 5.56 Å². The van der Waals surface area contributed by atoms with E-state index in [0.717, 1.165) is 38.1 Å². The van der Waals surface area contributed by atoms with Gasteiger partial charge in [0, 0.05) is 46.0 Å². The average molecular weight is 382 g/mol. The molecule has 0 atom stereocenters. The largest absolute Gasteiger partial charge is 0.433 e. The van der Waals surface area contributed by atoms with Gasteiger partial charge in [-0.3, -0.25) is 9.36 Å². The van der Waals surface area contributed by atoms with Gasteiger partial charge in [0.15, 0.2) is 5.69 Å². The number of aromatic nitrogens is 4. The Kier molecular flexibility index (Phi) is 5.33. The van der Waals surface area contributed by atoms with Crippen molar-refractivity contribution in [3.8, 4) is 0 Å². The number of halogens is 3. The van der Waals surface area contributed by atoms with Crippen LogP contribution in [0.25, 0.3) is 0 Å². The minimum atomic E-state index is -4.61. The third kappa shape index (κ3) is 4.55. The Hall–Kier alpha value is -2.65. The Morgan fingerprint density at radius 2 is 1.93 bits per heavy atom. The molecule has 1 saturated heterocycles. The molecule has 0 N–H and O–H groups in total. The molecule has 1 aliphatic rings. The smallest absolute Gasteiger partial charge is 0.363 e. The third-order valence-electron chi connectivity index (χ3n) is 4.61. The number of nitrogens with zero attached hydrogens (tertiary/aromatic N) is 6. The molecule has 0 aromatic carbocycles. The van der Waals surface area contributed by atoms with Crippen LogP contribution in [0, 0.1) is 5.92 Å². The maximum Gasteiger partial charge on any atom is 0.433 e. The lowest BCUT2D eigenvalue weighted by molar-refractivity contribution is -0.141. The molecule has 0 radical (unpaired) electrons. The standard InChI is InChI=1S/C17H21F3N6O/c1-24(2)14-3-6-21-16(23-14)25-7-4-12(5-8-25)10-26-11-22-13(9-15(26)27)17(18,19)20/h3,6,9,11-12H,4-5,7-8,10H2,1-2H3. The predicted molar refractivity (Wildman–Crippen MR) is 94.8 cm³/mol. The molecular weight excluding hydrogens is 361 g/mol. The van der Waals surface area contributed by atoms with Crippen LogP contribution in [-0.4, -0.2) is 46.7 Å². The lowest BCUT2D eigenvalue weighted by Gasteiger charge is -2.32. The van der Waals surface area contributed by atoms with E-state index in [4.69, 9.17) is 0 Å². The molecule has 0 spiro atoms. The molecular formula is C17H21F3N6O. The topological polar surface area (TPSA) is 67.2 Å². The monoisotopic (exact) mass is 382 g/mol. The highest BCUT2D eigenvalue weighted by molar-refractivity contribution is 5.42. The molecule has 0 aliphatic carbocycles. The molecule has 3 heterocycles. The maximum absolute atomic E-state index is 12.6. The van der Waals surface area contributed by atoms with Crippen LogP contribution in [0.4, 0.5) is 24.9 Å². The summed E-state index contributed by atoms with van der Waals surface area (Å²) < 4.78 is 39.1. The summed E-state index contributed by atoms with van der Waals surface area (Å²) in [6.07, 6.45) is -0.310. The van der Waals surface area contributed by atoms with Gasteiger partial charge in [-0.2, -0.15) is 18.2 Å². The van der Waals surface area contributed by atoms with E-state index < -0.39 is 17.4 Å². The maximum atomic E-state index is 12.6. The molecule has 0 bridgehead atoms. The van der Waals surface area contributed by atoms with Gasteiger partial charge in [-0.05, 0) is 24.8 Å². The number of piperidine rings is 1. The van der Waals surface area contributed by atoms with Crippen molar-refractivity contribution in [1.82, 2.24) is 19.5 Å². The van der Waals surface area contributed by atoms with Gasteiger partial charge in [-0.25, -0.2) is 9.97 Å². The highest BCUT2D eigenvalue weighted by atomic mass is 19.4. The van der Waals surface area contributed by atoms with Crippen LogP contribution < -0.4 is 15.4 Å². The first-order chi connectivity index (χ1) is 12.7. The van der Waals surface area contributed by atoms with Crippen molar-refractivity contribution in [3.05, 3.63) is 40.7 Å². The highest BCUT2D eigenvalue weighted by Crippen LogP contribution is 2.26. The summed E-state index contributed by atoms with van der Waals surface area (Å²) in [7, 11) is 3.82. The first-order valence-electron chi connectivity index (χ1n) is 8.63. The minimum absolute atomic E-state index is 0.189. The Labute approximate surface area is 154 Å². The van der Waals surface area contributed by atoms with Crippen LogP contribution in [0.3, 0.4) is 0 Å². The quantitative estimate of drug-likeness (QED) is 0.806. The molecule has 2 aromatic heterocycles. The predicted octanol–water partition coefficient (Wildman–Crippen LogP) is 2.03. The minimum Gasteiger partial charge on any atom is -0.363 e. The number of rotatable bonds is 4. The molecule has 10 heteroatoms.